The van der Waals surface area contributed by atoms with Gasteiger partial charge in [-0.3, -0.25) is 0 Å². The highest BCUT2D eigenvalue weighted by Crippen LogP contribution is 2.35. The lowest BCUT2D eigenvalue weighted by Gasteiger charge is -2.36. The van der Waals surface area contributed by atoms with E-state index in [4.69, 9.17) is 9.15 Å². The molecule has 174 valence electrons. The molecule has 0 radical (unpaired) electrons. The number of nitrogens with zero attached hydrogens (tertiary/aromatic N) is 3. The molecule has 1 aliphatic rings. The van der Waals surface area contributed by atoms with E-state index < -0.39 is 9.84 Å². The summed E-state index contributed by atoms with van der Waals surface area (Å²) in [6.07, 6.45) is 0. The van der Waals surface area contributed by atoms with Crippen LogP contribution in [-0.4, -0.2) is 46.7 Å². The van der Waals surface area contributed by atoms with Crippen LogP contribution in [0.1, 0.15) is 0 Å². The van der Waals surface area contributed by atoms with Crippen LogP contribution in [0.5, 0.6) is 5.75 Å². The highest BCUT2D eigenvalue weighted by Gasteiger charge is 2.32. The standard InChI is InChI=1S/C26H25N3O4S/c1-32-22-14-12-20(13-15-22)24-27-25(34(30,31)23-10-6-3-7-11-23)26(33-24)29-18-16-28(17-19-29)21-8-4-2-5-9-21/h2-15H,16-19H2,1H3. The Morgan fingerprint density at radius 1 is 0.794 bits per heavy atom. The Hall–Kier alpha value is -3.78. The highest BCUT2D eigenvalue weighted by molar-refractivity contribution is 7.91. The number of piperazine rings is 1. The van der Waals surface area contributed by atoms with Gasteiger partial charge in [0.25, 0.3) is 0 Å². The third-order valence-corrected chi connectivity index (χ3v) is 7.58. The predicted octanol–water partition coefficient (Wildman–Crippen LogP) is 4.51. The van der Waals surface area contributed by atoms with E-state index in [9.17, 15) is 8.42 Å². The summed E-state index contributed by atoms with van der Waals surface area (Å²) in [6.45, 7) is 2.72. The number of oxazole rings is 1. The molecule has 0 N–H and O–H groups in total. The molecule has 0 atom stereocenters. The van der Waals surface area contributed by atoms with Gasteiger partial charge in [0.05, 0.1) is 12.0 Å². The Labute approximate surface area is 199 Å². The molecule has 0 spiro atoms. The van der Waals surface area contributed by atoms with E-state index in [2.05, 4.69) is 22.0 Å². The van der Waals surface area contributed by atoms with Crippen molar-refractivity contribution in [2.75, 3.05) is 43.1 Å². The van der Waals surface area contributed by atoms with Crippen LogP contribution in [0.4, 0.5) is 11.6 Å². The van der Waals surface area contributed by atoms with Gasteiger partial charge < -0.3 is 19.0 Å². The molecule has 0 amide bonds. The van der Waals surface area contributed by atoms with E-state index in [1.54, 1.807) is 61.7 Å². The first-order chi connectivity index (χ1) is 16.6. The van der Waals surface area contributed by atoms with E-state index >= 15 is 0 Å². The maximum Gasteiger partial charge on any atom is 0.236 e. The first-order valence-corrected chi connectivity index (χ1v) is 12.5. The van der Waals surface area contributed by atoms with Gasteiger partial charge in [-0.05, 0) is 48.5 Å². The van der Waals surface area contributed by atoms with E-state index in [0.717, 1.165) is 18.8 Å². The largest absolute Gasteiger partial charge is 0.497 e. The average molecular weight is 476 g/mol. The van der Waals surface area contributed by atoms with Crippen molar-refractivity contribution in [2.45, 2.75) is 9.92 Å². The fourth-order valence-corrected chi connectivity index (χ4v) is 5.39. The van der Waals surface area contributed by atoms with Crippen molar-refractivity contribution < 1.29 is 17.6 Å². The van der Waals surface area contributed by atoms with Crippen LogP contribution in [0.3, 0.4) is 0 Å². The summed E-state index contributed by atoms with van der Waals surface area (Å²) < 4.78 is 38.5. The molecule has 2 heterocycles. The van der Waals surface area contributed by atoms with Crippen LogP contribution in [0.25, 0.3) is 11.5 Å². The summed E-state index contributed by atoms with van der Waals surface area (Å²) in [4.78, 5) is 8.92. The molecule has 5 rings (SSSR count). The molecule has 1 aromatic heterocycles. The van der Waals surface area contributed by atoms with Crippen molar-refractivity contribution >= 4 is 21.4 Å². The monoisotopic (exact) mass is 475 g/mol. The Kier molecular flexibility index (Phi) is 5.98. The number of rotatable bonds is 6. The number of hydrogen-bond acceptors (Lipinski definition) is 7. The second kappa shape index (κ2) is 9.23. The van der Waals surface area contributed by atoms with Gasteiger partial charge in [0.1, 0.15) is 5.75 Å². The fourth-order valence-electron chi connectivity index (χ4n) is 4.05. The van der Waals surface area contributed by atoms with Gasteiger partial charge in [-0.2, -0.15) is 4.98 Å². The molecule has 1 aliphatic heterocycles. The first-order valence-electron chi connectivity index (χ1n) is 11.1. The number of para-hydroxylation sites is 1. The molecular weight excluding hydrogens is 450 g/mol. The summed E-state index contributed by atoms with van der Waals surface area (Å²) in [7, 11) is -2.27. The van der Waals surface area contributed by atoms with Crippen LogP contribution in [0.2, 0.25) is 0 Å². The van der Waals surface area contributed by atoms with Crippen molar-refractivity contribution in [2.24, 2.45) is 0 Å². The quantitative estimate of drug-likeness (QED) is 0.406. The number of sulfone groups is 1. The molecule has 8 heteroatoms. The number of anilines is 2. The van der Waals surface area contributed by atoms with Gasteiger partial charge in [0.15, 0.2) is 0 Å². The Balaban J connectivity index is 1.51. The Bertz CT molecular complexity index is 1350. The van der Waals surface area contributed by atoms with Gasteiger partial charge in [-0.25, -0.2) is 8.42 Å². The average Bonchev–Trinajstić information content (AvgIpc) is 3.36. The molecule has 0 saturated carbocycles. The lowest BCUT2D eigenvalue weighted by atomic mass is 10.2. The third-order valence-electron chi connectivity index (χ3n) is 5.91. The molecule has 7 nitrogen and oxygen atoms in total. The molecule has 34 heavy (non-hydrogen) atoms. The minimum absolute atomic E-state index is 0.0577. The number of ether oxygens (including phenoxy) is 1. The van der Waals surface area contributed by atoms with Crippen molar-refractivity contribution in [1.82, 2.24) is 4.98 Å². The minimum Gasteiger partial charge on any atom is -0.497 e. The smallest absolute Gasteiger partial charge is 0.236 e. The molecule has 4 aromatic rings. The van der Waals surface area contributed by atoms with Crippen LogP contribution >= 0.6 is 0 Å². The highest BCUT2D eigenvalue weighted by atomic mass is 32.2. The van der Waals surface area contributed by atoms with Crippen molar-refractivity contribution in [3.63, 3.8) is 0 Å². The van der Waals surface area contributed by atoms with Crippen LogP contribution < -0.4 is 14.5 Å². The number of hydrogen-bond donors (Lipinski definition) is 0. The second-order valence-corrected chi connectivity index (χ2v) is 9.85. The number of aromatic nitrogens is 1. The van der Waals surface area contributed by atoms with E-state index in [-0.39, 0.29) is 21.7 Å². The lowest BCUT2D eigenvalue weighted by molar-refractivity contribution is 0.415. The number of methoxy groups -OCH3 is 1. The van der Waals surface area contributed by atoms with Gasteiger partial charge >= 0.3 is 0 Å². The molecule has 0 aliphatic carbocycles. The summed E-state index contributed by atoms with van der Waals surface area (Å²) in [5.41, 5.74) is 1.83. The lowest BCUT2D eigenvalue weighted by Crippen LogP contribution is -2.46. The van der Waals surface area contributed by atoms with E-state index in [1.807, 2.05) is 23.1 Å². The Morgan fingerprint density at radius 2 is 1.38 bits per heavy atom. The van der Waals surface area contributed by atoms with Gasteiger partial charge in [0, 0.05) is 37.4 Å². The zero-order valence-corrected chi connectivity index (χ0v) is 19.6. The molecule has 1 saturated heterocycles. The molecule has 0 unspecified atom stereocenters. The normalized spacial score (nSPS) is 14.3. The third kappa shape index (κ3) is 4.24. The topological polar surface area (TPSA) is 75.9 Å². The summed E-state index contributed by atoms with van der Waals surface area (Å²) in [6, 6.07) is 25.7. The van der Waals surface area contributed by atoms with Gasteiger partial charge in [-0.1, -0.05) is 36.4 Å². The SMILES string of the molecule is COc1ccc(-c2nc(S(=O)(=O)c3ccccc3)c(N3CCN(c4ccccc4)CC3)o2)cc1. The van der Waals surface area contributed by atoms with Gasteiger partial charge in [0.2, 0.25) is 26.6 Å². The molecular formula is C26H25N3O4S. The fraction of sp³-hybridized carbons (Fsp3) is 0.192. The zero-order chi connectivity index (χ0) is 23.5. The van der Waals surface area contributed by atoms with E-state index in [0.29, 0.717) is 24.4 Å². The second-order valence-electron chi connectivity index (χ2n) is 7.98. The number of benzene rings is 3. The maximum absolute atomic E-state index is 13.5. The Morgan fingerprint density at radius 3 is 2.00 bits per heavy atom. The summed E-state index contributed by atoms with van der Waals surface area (Å²) in [5.74, 6) is 1.24. The van der Waals surface area contributed by atoms with Crippen LogP contribution in [-0.2, 0) is 9.84 Å². The van der Waals surface area contributed by atoms with Crippen molar-refractivity contribution in [3.05, 3.63) is 84.9 Å². The minimum atomic E-state index is -3.87. The summed E-state index contributed by atoms with van der Waals surface area (Å²) >= 11 is 0. The molecule has 1 fully saturated rings. The zero-order valence-electron chi connectivity index (χ0n) is 18.8. The van der Waals surface area contributed by atoms with Gasteiger partial charge in [-0.15, -0.1) is 0 Å². The van der Waals surface area contributed by atoms with E-state index in [1.165, 1.54) is 0 Å². The maximum atomic E-state index is 13.5. The van der Waals surface area contributed by atoms with Crippen molar-refractivity contribution in [3.8, 4) is 17.2 Å². The van der Waals surface area contributed by atoms with Crippen LogP contribution in [0, 0.1) is 0 Å². The molecule has 0 bridgehead atoms. The van der Waals surface area contributed by atoms with Crippen LogP contribution in [0.15, 0.2) is 99.3 Å². The van der Waals surface area contributed by atoms with Crippen molar-refractivity contribution in [1.29, 1.82) is 0 Å². The predicted molar refractivity (Wildman–Crippen MR) is 131 cm³/mol. The molecule has 3 aromatic carbocycles. The first kappa shape index (κ1) is 22.0. The summed E-state index contributed by atoms with van der Waals surface area (Å²) in [5, 5.41) is -0.0577.